The molecule has 2 heterocycles. The molecule has 1 aromatic rings. The summed E-state index contributed by atoms with van der Waals surface area (Å²) in [5.74, 6) is 0.110. The molecule has 2 aliphatic rings. The average molecular weight is 364 g/mol. The number of hydrogen-bond donors (Lipinski definition) is 0. The van der Waals surface area contributed by atoms with Crippen LogP contribution in [0.25, 0.3) is 0 Å². The lowest BCUT2D eigenvalue weighted by molar-refractivity contribution is -0.112. The van der Waals surface area contributed by atoms with Gasteiger partial charge in [-0.3, -0.25) is 4.79 Å². The first kappa shape index (κ1) is 18.9. The molecule has 3 rings (SSSR count). The van der Waals surface area contributed by atoms with E-state index in [0.717, 1.165) is 49.5 Å². The van der Waals surface area contributed by atoms with Gasteiger partial charge in [0.1, 0.15) is 5.72 Å². The highest BCUT2D eigenvalue weighted by Crippen LogP contribution is 2.43. The first-order valence-electron chi connectivity index (χ1n) is 8.96. The monoisotopic (exact) mass is 363 g/mol. The number of carbonyl (C=O) groups excluding carboxylic acids is 1. The second kappa shape index (κ2) is 7.76. The van der Waals surface area contributed by atoms with Crippen molar-refractivity contribution in [3.05, 3.63) is 29.8 Å². The maximum Gasteiger partial charge on any atom is 0.159 e. The average Bonchev–Trinajstić information content (AvgIpc) is 2.87. The quantitative estimate of drug-likeness (QED) is 0.591. The lowest BCUT2D eigenvalue weighted by atomic mass is 10.0. The molecule has 5 nitrogen and oxygen atoms in total. The molecule has 2 aliphatic heterocycles. The smallest absolute Gasteiger partial charge is 0.159 e. The van der Waals surface area contributed by atoms with E-state index in [2.05, 4.69) is 35.2 Å². The van der Waals surface area contributed by atoms with E-state index in [1.54, 1.807) is 18.9 Å². The number of ether oxygens (including phenoxy) is 1. The minimum Gasteiger partial charge on any atom is -0.354 e. The number of hydrogen-bond acceptors (Lipinski definition) is 6. The Kier molecular flexibility index (Phi) is 5.85. The number of ketones is 1. The van der Waals surface area contributed by atoms with Crippen LogP contribution in [-0.4, -0.2) is 79.0 Å². The summed E-state index contributed by atoms with van der Waals surface area (Å²) in [5, 5.41) is 0. The van der Waals surface area contributed by atoms with Gasteiger partial charge in [0.2, 0.25) is 0 Å². The van der Waals surface area contributed by atoms with Crippen molar-refractivity contribution in [3.8, 4) is 0 Å². The van der Waals surface area contributed by atoms with Crippen molar-refractivity contribution in [3.63, 3.8) is 0 Å². The highest BCUT2D eigenvalue weighted by Gasteiger charge is 2.48. The molecule has 1 aromatic carbocycles. The van der Waals surface area contributed by atoms with E-state index in [-0.39, 0.29) is 17.6 Å². The van der Waals surface area contributed by atoms with Gasteiger partial charge in [0.15, 0.2) is 5.78 Å². The number of piperidine rings is 1. The number of benzene rings is 1. The standard InChI is InChI=1S/C19H29N3O2S/c1-15(23)16-5-7-18(8-6-16)25-22-14-17(13-20(2)3)24-19(22)9-11-21(4)12-10-19/h5-8,17H,9-14H2,1-4H3. The zero-order valence-corrected chi connectivity index (χ0v) is 16.5. The lowest BCUT2D eigenvalue weighted by Gasteiger charge is -2.42. The predicted octanol–water partition coefficient (Wildman–Crippen LogP) is 2.58. The third kappa shape index (κ3) is 4.44. The number of rotatable bonds is 5. The first-order valence-corrected chi connectivity index (χ1v) is 9.73. The van der Waals surface area contributed by atoms with Crippen molar-refractivity contribution >= 4 is 17.7 Å². The van der Waals surface area contributed by atoms with Crippen LogP contribution in [0.5, 0.6) is 0 Å². The Morgan fingerprint density at radius 1 is 1.28 bits per heavy atom. The molecule has 2 saturated heterocycles. The van der Waals surface area contributed by atoms with Crippen LogP contribution < -0.4 is 0 Å². The highest BCUT2D eigenvalue weighted by molar-refractivity contribution is 7.97. The number of Topliss-reactive ketones (excluding diaryl/α,β-unsaturated/α-hetero) is 1. The van der Waals surface area contributed by atoms with Crippen LogP contribution in [-0.2, 0) is 4.74 Å². The molecule has 0 aromatic heterocycles. The SMILES string of the molecule is CC(=O)c1ccc(SN2CC(CN(C)C)OC23CCN(C)CC3)cc1. The van der Waals surface area contributed by atoms with Crippen molar-refractivity contribution < 1.29 is 9.53 Å². The molecule has 6 heteroatoms. The van der Waals surface area contributed by atoms with Crippen molar-refractivity contribution in [1.82, 2.24) is 14.1 Å². The predicted molar refractivity (Wildman–Crippen MR) is 102 cm³/mol. The summed E-state index contributed by atoms with van der Waals surface area (Å²) in [6, 6.07) is 7.92. The van der Waals surface area contributed by atoms with Crippen LogP contribution in [0.3, 0.4) is 0 Å². The second-order valence-corrected chi connectivity index (χ2v) is 8.58. The molecule has 2 fully saturated rings. The molecule has 138 valence electrons. The molecule has 1 atom stereocenters. The summed E-state index contributed by atoms with van der Waals surface area (Å²) in [6.07, 6.45) is 2.31. The van der Waals surface area contributed by atoms with Gasteiger partial charge in [0, 0.05) is 49.5 Å². The summed E-state index contributed by atoms with van der Waals surface area (Å²) in [4.78, 5) is 17.2. The van der Waals surface area contributed by atoms with Crippen LogP contribution in [0.4, 0.5) is 0 Å². The number of nitrogens with zero attached hydrogens (tertiary/aromatic N) is 3. The summed E-state index contributed by atoms with van der Waals surface area (Å²) in [5.41, 5.74) is 0.596. The van der Waals surface area contributed by atoms with E-state index in [0.29, 0.717) is 0 Å². The van der Waals surface area contributed by atoms with Gasteiger partial charge in [0.25, 0.3) is 0 Å². The summed E-state index contributed by atoms with van der Waals surface area (Å²) in [6.45, 7) is 5.61. The third-order valence-corrected chi connectivity index (χ3v) is 6.21. The first-order chi connectivity index (χ1) is 11.9. The van der Waals surface area contributed by atoms with Gasteiger partial charge in [-0.25, -0.2) is 4.31 Å². The van der Waals surface area contributed by atoms with Crippen LogP contribution in [0.2, 0.25) is 0 Å². The molecule has 0 radical (unpaired) electrons. The topological polar surface area (TPSA) is 36.0 Å². The van der Waals surface area contributed by atoms with Crippen LogP contribution in [0.1, 0.15) is 30.1 Å². The lowest BCUT2D eigenvalue weighted by Crippen LogP contribution is -2.49. The van der Waals surface area contributed by atoms with E-state index in [1.165, 1.54) is 0 Å². The van der Waals surface area contributed by atoms with Crippen LogP contribution >= 0.6 is 11.9 Å². The van der Waals surface area contributed by atoms with Gasteiger partial charge >= 0.3 is 0 Å². The number of carbonyl (C=O) groups is 1. The Hall–Kier alpha value is -0.920. The van der Waals surface area contributed by atoms with E-state index in [4.69, 9.17) is 4.74 Å². The fourth-order valence-corrected chi connectivity index (χ4v) is 4.74. The van der Waals surface area contributed by atoms with Gasteiger partial charge in [-0.2, -0.15) is 0 Å². The van der Waals surface area contributed by atoms with Crippen molar-refractivity contribution in [2.75, 3.05) is 47.3 Å². The largest absolute Gasteiger partial charge is 0.354 e. The maximum absolute atomic E-state index is 11.5. The summed E-state index contributed by atoms with van der Waals surface area (Å²) in [7, 11) is 6.37. The zero-order chi connectivity index (χ0) is 18.0. The summed E-state index contributed by atoms with van der Waals surface area (Å²) < 4.78 is 9.02. The number of likely N-dealkylation sites (tertiary alicyclic amines) is 1. The van der Waals surface area contributed by atoms with Gasteiger partial charge in [0.05, 0.1) is 6.10 Å². The van der Waals surface area contributed by atoms with Gasteiger partial charge in [-0.15, -0.1) is 0 Å². The second-order valence-electron chi connectivity index (χ2n) is 7.48. The van der Waals surface area contributed by atoms with E-state index in [1.807, 2.05) is 24.3 Å². The molecule has 1 spiro atoms. The Morgan fingerprint density at radius 3 is 2.48 bits per heavy atom. The van der Waals surface area contributed by atoms with Crippen LogP contribution in [0, 0.1) is 0 Å². The Morgan fingerprint density at radius 2 is 1.92 bits per heavy atom. The Bertz CT molecular complexity index is 597. The van der Waals surface area contributed by atoms with Gasteiger partial charge in [-0.1, -0.05) is 12.1 Å². The molecule has 0 amide bonds. The fraction of sp³-hybridized carbons (Fsp3) is 0.632. The maximum atomic E-state index is 11.5. The molecule has 0 aliphatic carbocycles. The molecule has 0 bridgehead atoms. The Labute approximate surface area is 155 Å². The van der Waals surface area contributed by atoms with E-state index < -0.39 is 0 Å². The van der Waals surface area contributed by atoms with E-state index in [9.17, 15) is 4.79 Å². The molecule has 0 saturated carbocycles. The molecule has 0 N–H and O–H groups in total. The minimum absolute atomic E-state index is 0.110. The molecular formula is C19H29N3O2S. The van der Waals surface area contributed by atoms with Crippen LogP contribution in [0.15, 0.2) is 29.2 Å². The minimum atomic E-state index is -0.170. The number of likely N-dealkylation sites (N-methyl/N-ethyl adjacent to an activating group) is 1. The summed E-state index contributed by atoms with van der Waals surface area (Å²) >= 11 is 1.77. The third-order valence-electron chi connectivity index (χ3n) is 5.02. The van der Waals surface area contributed by atoms with Gasteiger partial charge < -0.3 is 14.5 Å². The van der Waals surface area contributed by atoms with E-state index >= 15 is 0 Å². The van der Waals surface area contributed by atoms with Crippen molar-refractivity contribution in [2.24, 2.45) is 0 Å². The Balaban J connectivity index is 1.75. The fourth-order valence-electron chi connectivity index (χ4n) is 3.59. The molecule has 25 heavy (non-hydrogen) atoms. The van der Waals surface area contributed by atoms with Crippen molar-refractivity contribution in [2.45, 2.75) is 36.5 Å². The van der Waals surface area contributed by atoms with Gasteiger partial charge in [-0.05, 0) is 52.1 Å². The molecular weight excluding hydrogens is 334 g/mol. The normalized spacial score (nSPS) is 24.3. The zero-order valence-electron chi connectivity index (χ0n) is 15.7. The highest BCUT2D eigenvalue weighted by atomic mass is 32.2. The van der Waals surface area contributed by atoms with Crippen molar-refractivity contribution in [1.29, 1.82) is 0 Å². The molecule has 1 unspecified atom stereocenters.